The number of carboxylic acids is 2. The monoisotopic (exact) mass is 323 g/mol. The molecule has 0 aliphatic heterocycles. The molecule has 0 saturated heterocycles. The van der Waals surface area contributed by atoms with E-state index in [1.165, 1.54) is 24.7 Å². The van der Waals surface area contributed by atoms with Crippen LogP contribution in [0.4, 0.5) is 0 Å². The Morgan fingerprint density at radius 1 is 1.20 bits per heavy atom. The van der Waals surface area contributed by atoms with Crippen molar-refractivity contribution in [3.05, 3.63) is 54.4 Å². The molecule has 20 heavy (non-hydrogen) atoms. The van der Waals surface area contributed by atoms with E-state index in [1.807, 2.05) is 0 Å². The van der Waals surface area contributed by atoms with Crippen molar-refractivity contribution in [2.24, 2.45) is 0 Å². The van der Waals surface area contributed by atoms with Gasteiger partial charge in [0.1, 0.15) is 0 Å². The molecule has 8 heteroatoms. The number of rotatable bonds is 3. The van der Waals surface area contributed by atoms with Crippen LogP contribution in [0.25, 0.3) is 6.08 Å². The maximum absolute atomic E-state index is 10.0. The van der Waals surface area contributed by atoms with Gasteiger partial charge >= 0.3 is 19.5 Å². The van der Waals surface area contributed by atoms with Crippen LogP contribution in [0, 0.1) is 0 Å². The molecule has 0 amide bonds. The van der Waals surface area contributed by atoms with Crippen molar-refractivity contribution in [2.75, 3.05) is 0 Å². The number of aliphatic carboxylic acids is 1. The Balaban J connectivity index is 0.000000345. The van der Waals surface area contributed by atoms with Crippen molar-refractivity contribution < 1.29 is 39.3 Å². The third-order valence-electron chi connectivity index (χ3n) is 1.78. The third-order valence-corrected chi connectivity index (χ3v) is 1.78. The van der Waals surface area contributed by atoms with Crippen LogP contribution in [0.3, 0.4) is 0 Å². The van der Waals surface area contributed by atoms with E-state index in [0.29, 0.717) is 5.69 Å². The zero-order valence-electron chi connectivity index (χ0n) is 10.4. The third kappa shape index (κ3) is 7.18. The molecule has 0 bridgehead atoms. The molecule has 2 aromatic heterocycles. The number of imidazole rings is 1. The Bertz CT molecular complexity index is 555. The fourth-order valence-electron chi connectivity index (χ4n) is 1.000. The van der Waals surface area contributed by atoms with Crippen molar-refractivity contribution >= 4 is 18.0 Å². The van der Waals surface area contributed by atoms with E-state index in [-0.39, 0.29) is 25.2 Å². The number of hydrogen-bond acceptors (Lipinski definition) is 6. The van der Waals surface area contributed by atoms with Gasteiger partial charge in [-0.15, -0.1) is 0 Å². The van der Waals surface area contributed by atoms with Gasteiger partial charge in [-0.05, 0) is 24.3 Å². The molecule has 0 fully saturated rings. The molecule has 0 aliphatic carbocycles. The molecule has 0 unspecified atom stereocenters. The Morgan fingerprint density at radius 2 is 1.95 bits per heavy atom. The van der Waals surface area contributed by atoms with Gasteiger partial charge in [0.15, 0.2) is 0 Å². The molecular weight excluding hydrogens is 316 g/mol. The number of aromatic carboxylic acids is 1. The zero-order valence-corrected chi connectivity index (χ0v) is 13.3. The van der Waals surface area contributed by atoms with Gasteiger partial charge in [0.05, 0.1) is 29.7 Å². The Labute approximate surface area is 127 Å². The molecule has 0 aromatic carbocycles. The van der Waals surface area contributed by atoms with E-state index in [4.69, 9.17) is 0 Å². The van der Waals surface area contributed by atoms with Gasteiger partial charge < -0.3 is 24.8 Å². The number of carbonyl (C=O) groups is 2. The summed E-state index contributed by atoms with van der Waals surface area (Å²) in [6, 6.07) is 4.62. The van der Waals surface area contributed by atoms with Gasteiger partial charge in [0, 0.05) is 12.4 Å². The van der Waals surface area contributed by atoms with Crippen LogP contribution in [0.1, 0.15) is 16.2 Å². The minimum absolute atomic E-state index is 0. The standard InChI is InChI=1S/C6H6N2O2.C6H5NO2.Zn/c9-6(10)2-1-5-3-7-4-8-5;8-6(9)5-3-1-2-4-7-5;/h1-4H,(H,7,8)(H,9,10);1-4H,(H,8,9);/q;;+2/p-2. The van der Waals surface area contributed by atoms with Crippen LogP contribution in [0.5, 0.6) is 0 Å². The minimum atomic E-state index is -1.24. The second-order valence-corrected chi connectivity index (χ2v) is 3.15. The Hall–Kier alpha value is -2.34. The van der Waals surface area contributed by atoms with Crippen LogP contribution >= 0.6 is 0 Å². The average molecular weight is 325 g/mol. The molecule has 0 aliphatic rings. The summed E-state index contributed by atoms with van der Waals surface area (Å²) < 4.78 is 0. The fourth-order valence-corrected chi connectivity index (χ4v) is 1.000. The van der Waals surface area contributed by atoms with Gasteiger partial charge in [0.2, 0.25) is 0 Å². The molecule has 1 N–H and O–H groups in total. The second kappa shape index (κ2) is 9.57. The number of aromatic nitrogens is 3. The molecule has 0 atom stereocenters. The van der Waals surface area contributed by atoms with E-state index in [2.05, 4.69) is 15.0 Å². The molecule has 0 radical (unpaired) electrons. The van der Waals surface area contributed by atoms with Crippen LogP contribution < -0.4 is 10.2 Å². The number of aromatic amines is 1. The van der Waals surface area contributed by atoms with Gasteiger partial charge in [-0.3, -0.25) is 4.98 Å². The van der Waals surface area contributed by atoms with Crippen molar-refractivity contribution in [3.63, 3.8) is 0 Å². The number of nitrogens with zero attached hydrogens (tertiary/aromatic N) is 2. The van der Waals surface area contributed by atoms with E-state index in [1.54, 1.807) is 18.3 Å². The first kappa shape index (κ1) is 17.7. The van der Waals surface area contributed by atoms with Crippen molar-refractivity contribution in [1.29, 1.82) is 0 Å². The Kier molecular flexibility index (Phi) is 8.46. The normalized spacial score (nSPS) is 9.20. The zero-order chi connectivity index (χ0) is 14.1. The number of H-pyrrole nitrogens is 1. The molecule has 0 spiro atoms. The SMILES string of the molecule is O=C([O-])C=Cc1c[nH]cn1.O=C([O-])c1ccccn1.[Zn+2]. The van der Waals surface area contributed by atoms with E-state index in [0.717, 1.165) is 6.08 Å². The van der Waals surface area contributed by atoms with Gasteiger partial charge in [-0.2, -0.15) is 0 Å². The molecule has 7 nitrogen and oxygen atoms in total. The van der Waals surface area contributed by atoms with Gasteiger partial charge in [-0.25, -0.2) is 4.98 Å². The molecule has 2 rings (SSSR count). The molecule has 98 valence electrons. The first-order valence-corrected chi connectivity index (χ1v) is 5.10. The Morgan fingerprint density at radius 3 is 2.35 bits per heavy atom. The average Bonchev–Trinajstić information content (AvgIpc) is 2.91. The summed E-state index contributed by atoms with van der Waals surface area (Å²) in [6.45, 7) is 0. The van der Waals surface area contributed by atoms with Crippen LogP contribution in [0.2, 0.25) is 0 Å². The maximum atomic E-state index is 10.0. The van der Waals surface area contributed by atoms with Gasteiger partial charge in [-0.1, -0.05) is 6.07 Å². The summed E-state index contributed by atoms with van der Waals surface area (Å²) in [7, 11) is 0. The first-order chi connectivity index (χ1) is 9.09. The predicted molar refractivity (Wildman–Crippen MR) is 61.2 cm³/mol. The summed E-state index contributed by atoms with van der Waals surface area (Å²) in [5.41, 5.74) is 0.543. The van der Waals surface area contributed by atoms with Crippen LogP contribution in [0.15, 0.2) is 43.0 Å². The van der Waals surface area contributed by atoms with Crippen molar-refractivity contribution in [3.8, 4) is 0 Å². The summed E-state index contributed by atoms with van der Waals surface area (Å²) in [5, 5.41) is 19.9. The van der Waals surface area contributed by atoms with E-state index in [9.17, 15) is 19.8 Å². The van der Waals surface area contributed by atoms with Crippen LogP contribution in [-0.4, -0.2) is 26.9 Å². The first-order valence-electron chi connectivity index (χ1n) is 5.10. The molecule has 0 saturated carbocycles. The number of carboxylic acid groups (broad SMARTS) is 2. The second-order valence-electron chi connectivity index (χ2n) is 3.15. The smallest absolute Gasteiger partial charge is 0.545 e. The number of nitrogens with one attached hydrogen (secondary N) is 1. The summed E-state index contributed by atoms with van der Waals surface area (Å²) >= 11 is 0. The molecule has 2 heterocycles. The van der Waals surface area contributed by atoms with Gasteiger partial charge in [0.25, 0.3) is 0 Å². The number of pyridine rings is 1. The van der Waals surface area contributed by atoms with Crippen molar-refractivity contribution in [1.82, 2.24) is 15.0 Å². The maximum Gasteiger partial charge on any atom is 2.00 e. The summed E-state index contributed by atoms with van der Waals surface area (Å²) in [5.74, 6) is -2.46. The van der Waals surface area contributed by atoms with Crippen LogP contribution in [-0.2, 0) is 24.3 Å². The number of carbonyl (C=O) groups excluding carboxylic acids is 2. The topological polar surface area (TPSA) is 122 Å². The number of hydrogen-bond donors (Lipinski definition) is 1. The quantitative estimate of drug-likeness (QED) is 0.548. The molecule has 2 aromatic rings. The largest absolute Gasteiger partial charge is 2.00 e. The summed E-state index contributed by atoms with van der Waals surface area (Å²) in [4.78, 5) is 29.8. The van der Waals surface area contributed by atoms with E-state index >= 15 is 0 Å². The molecular formula is C12H9N3O4Zn. The van der Waals surface area contributed by atoms with Crippen molar-refractivity contribution in [2.45, 2.75) is 0 Å². The van der Waals surface area contributed by atoms with E-state index < -0.39 is 11.9 Å². The predicted octanol–water partition coefficient (Wildman–Crippen LogP) is -1.38. The fraction of sp³-hybridized carbons (Fsp3) is 0. The minimum Gasteiger partial charge on any atom is -0.545 e. The summed E-state index contributed by atoms with van der Waals surface area (Å²) in [6.07, 6.45) is 6.74.